The van der Waals surface area contributed by atoms with Gasteiger partial charge in [0.25, 0.3) is 0 Å². The Hall–Kier alpha value is -0.840. The maximum Gasteiger partial charge on any atom is 0.150 e. The highest BCUT2D eigenvalue weighted by molar-refractivity contribution is 7.16. The average Bonchev–Trinajstić information content (AvgIpc) is 2.88. The molecule has 0 aromatic carbocycles. The first-order valence-corrected chi connectivity index (χ1v) is 7.22. The lowest BCUT2D eigenvalue weighted by atomic mass is 10.1. The molecule has 1 N–H and O–H groups in total. The summed E-state index contributed by atoms with van der Waals surface area (Å²) in [5.74, 6) is 1.48. The van der Waals surface area contributed by atoms with Gasteiger partial charge in [-0.15, -0.1) is 11.3 Å². The van der Waals surface area contributed by atoms with E-state index in [1.807, 2.05) is 18.2 Å². The Morgan fingerprint density at radius 1 is 1.39 bits per heavy atom. The quantitative estimate of drug-likeness (QED) is 0.875. The van der Waals surface area contributed by atoms with Gasteiger partial charge in [-0.05, 0) is 24.5 Å². The van der Waals surface area contributed by atoms with Gasteiger partial charge in [-0.1, -0.05) is 30.6 Å². The molecule has 0 aliphatic rings. The molecule has 18 heavy (non-hydrogen) atoms. The van der Waals surface area contributed by atoms with Crippen molar-refractivity contribution in [1.82, 2.24) is 10.5 Å². The highest BCUT2D eigenvalue weighted by atomic mass is 35.5. The van der Waals surface area contributed by atoms with Gasteiger partial charge < -0.3 is 9.84 Å². The standard InChI is InChI=1S/C13H17ClN2OS/c1-9(2)5-10-6-11(17-16-10)7-15-8-12-3-4-13(14)18-12/h3-4,6,9,15H,5,7-8H2,1-2H3. The van der Waals surface area contributed by atoms with Gasteiger partial charge in [-0.25, -0.2) is 0 Å². The van der Waals surface area contributed by atoms with Crippen LogP contribution in [0.3, 0.4) is 0 Å². The number of nitrogens with zero attached hydrogens (tertiary/aromatic N) is 1. The minimum Gasteiger partial charge on any atom is -0.360 e. The zero-order chi connectivity index (χ0) is 13.0. The van der Waals surface area contributed by atoms with Crippen LogP contribution in [0.5, 0.6) is 0 Å². The second kappa shape index (κ2) is 6.36. The van der Waals surface area contributed by atoms with Crippen LogP contribution in [-0.4, -0.2) is 5.16 Å². The van der Waals surface area contributed by atoms with Gasteiger partial charge in [-0.2, -0.15) is 0 Å². The van der Waals surface area contributed by atoms with Crippen LogP contribution in [0.4, 0.5) is 0 Å². The van der Waals surface area contributed by atoms with E-state index in [9.17, 15) is 0 Å². The molecule has 0 radical (unpaired) electrons. The fraction of sp³-hybridized carbons (Fsp3) is 0.462. The topological polar surface area (TPSA) is 38.1 Å². The fourth-order valence-electron chi connectivity index (χ4n) is 1.71. The van der Waals surface area contributed by atoms with Crippen molar-refractivity contribution in [3.8, 4) is 0 Å². The molecule has 2 aromatic rings. The Balaban J connectivity index is 1.78. The summed E-state index contributed by atoms with van der Waals surface area (Å²) in [5, 5.41) is 7.37. The van der Waals surface area contributed by atoms with Gasteiger partial charge in [0.05, 0.1) is 16.6 Å². The summed E-state index contributed by atoms with van der Waals surface area (Å²) in [5.41, 5.74) is 1.03. The van der Waals surface area contributed by atoms with Crippen molar-refractivity contribution in [1.29, 1.82) is 0 Å². The minimum atomic E-state index is 0.601. The van der Waals surface area contributed by atoms with Crippen molar-refractivity contribution in [3.05, 3.63) is 38.9 Å². The van der Waals surface area contributed by atoms with E-state index >= 15 is 0 Å². The molecule has 3 nitrogen and oxygen atoms in total. The molecule has 0 aliphatic heterocycles. The molecule has 0 fully saturated rings. The number of rotatable bonds is 6. The van der Waals surface area contributed by atoms with Crippen molar-refractivity contribution >= 4 is 22.9 Å². The maximum absolute atomic E-state index is 5.87. The molecule has 0 saturated carbocycles. The van der Waals surface area contributed by atoms with Crippen molar-refractivity contribution in [2.24, 2.45) is 5.92 Å². The van der Waals surface area contributed by atoms with E-state index in [0.29, 0.717) is 12.5 Å². The van der Waals surface area contributed by atoms with E-state index in [1.54, 1.807) is 11.3 Å². The summed E-state index contributed by atoms with van der Waals surface area (Å²) < 4.78 is 6.10. The van der Waals surface area contributed by atoms with Crippen LogP contribution >= 0.6 is 22.9 Å². The highest BCUT2D eigenvalue weighted by Gasteiger charge is 2.06. The first-order valence-electron chi connectivity index (χ1n) is 6.03. The Morgan fingerprint density at radius 3 is 2.89 bits per heavy atom. The predicted octanol–water partition coefficient (Wildman–Crippen LogP) is 3.88. The van der Waals surface area contributed by atoms with Crippen LogP contribution < -0.4 is 5.32 Å². The molecule has 0 amide bonds. The Morgan fingerprint density at radius 2 is 2.22 bits per heavy atom. The molecule has 0 spiro atoms. The molecule has 2 rings (SSSR count). The second-order valence-electron chi connectivity index (χ2n) is 4.69. The molecular weight excluding hydrogens is 268 g/mol. The molecular formula is C13H17ClN2OS. The van der Waals surface area contributed by atoms with Crippen LogP contribution in [0, 0.1) is 5.92 Å². The molecule has 0 aliphatic carbocycles. The summed E-state index contributed by atoms with van der Waals surface area (Å²) in [6, 6.07) is 5.97. The van der Waals surface area contributed by atoms with Gasteiger partial charge in [0.15, 0.2) is 5.76 Å². The molecule has 2 heterocycles. The van der Waals surface area contributed by atoms with E-state index in [2.05, 4.69) is 24.3 Å². The number of halogens is 1. The van der Waals surface area contributed by atoms with Crippen LogP contribution in [0.2, 0.25) is 4.34 Å². The van der Waals surface area contributed by atoms with Crippen molar-refractivity contribution in [2.45, 2.75) is 33.4 Å². The lowest BCUT2D eigenvalue weighted by Gasteiger charge is -1.98. The van der Waals surface area contributed by atoms with Gasteiger partial charge in [0, 0.05) is 17.5 Å². The Bertz CT molecular complexity index is 493. The zero-order valence-corrected chi connectivity index (χ0v) is 12.1. The first-order chi connectivity index (χ1) is 8.63. The average molecular weight is 285 g/mol. The molecule has 0 atom stereocenters. The van der Waals surface area contributed by atoms with Crippen molar-refractivity contribution < 1.29 is 4.52 Å². The zero-order valence-electron chi connectivity index (χ0n) is 10.6. The lowest BCUT2D eigenvalue weighted by molar-refractivity contribution is 0.365. The summed E-state index contributed by atoms with van der Waals surface area (Å²) in [4.78, 5) is 1.22. The van der Waals surface area contributed by atoms with Crippen LogP contribution in [-0.2, 0) is 19.5 Å². The molecule has 0 saturated heterocycles. The van der Waals surface area contributed by atoms with E-state index < -0.39 is 0 Å². The van der Waals surface area contributed by atoms with E-state index in [0.717, 1.165) is 28.8 Å². The van der Waals surface area contributed by atoms with Gasteiger partial charge >= 0.3 is 0 Å². The summed E-state index contributed by atoms with van der Waals surface area (Å²) in [6.45, 7) is 5.85. The fourth-order valence-corrected chi connectivity index (χ4v) is 2.77. The highest BCUT2D eigenvalue weighted by Crippen LogP contribution is 2.21. The van der Waals surface area contributed by atoms with Gasteiger partial charge in [0.1, 0.15) is 0 Å². The van der Waals surface area contributed by atoms with Crippen LogP contribution in [0.25, 0.3) is 0 Å². The first kappa shape index (κ1) is 13.6. The predicted molar refractivity (Wildman–Crippen MR) is 74.9 cm³/mol. The normalized spacial score (nSPS) is 11.3. The van der Waals surface area contributed by atoms with Crippen molar-refractivity contribution in [3.63, 3.8) is 0 Å². The molecule has 0 bridgehead atoms. The number of thiophene rings is 1. The number of nitrogens with one attached hydrogen (secondary N) is 1. The van der Waals surface area contributed by atoms with Crippen molar-refractivity contribution in [2.75, 3.05) is 0 Å². The number of hydrogen-bond donors (Lipinski definition) is 1. The van der Waals surface area contributed by atoms with E-state index in [1.165, 1.54) is 4.88 Å². The summed E-state index contributed by atoms with van der Waals surface area (Å²) >= 11 is 7.46. The largest absolute Gasteiger partial charge is 0.360 e. The SMILES string of the molecule is CC(C)Cc1cc(CNCc2ccc(Cl)s2)on1. The number of aromatic nitrogens is 1. The van der Waals surface area contributed by atoms with E-state index in [4.69, 9.17) is 16.1 Å². The second-order valence-corrected chi connectivity index (χ2v) is 6.49. The Labute approximate surface area is 116 Å². The monoisotopic (exact) mass is 284 g/mol. The third-order valence-electron chi connectivity index (χ3n) is 2.45. The van der Waals surface area contributed by atoms with Crippen LogP contribution in [0.1, 0.15) is 30.2 Å². The molecule has 98 valence electrons. The van der Waals surface area contributed by atoms with E-state index in [-0.39, 0.29) is 0 Å². The molecule has 0 unspecified atom stereocenters. The van der Waals surface area contributed by atoms with Gasteiger partial charge in [-0.3, -0.25) is 0 Å². The summed E-state index contributed by atoms with van der Waals surface area (Å²) in [7, 11) is 0. The van der Waals surface area contributed by atoms with Gasteiger partial charge in [0.2, 0.25) is 0 Å². The third kappa shape index (κ3) is 4.12. The number of hydrogen-bond acceptors (Lipinski definition) is 4. The molecule has 5 heteroatoms. The maximum atomic E-state index is 5.87. The lowest BCUT2D eigenvalue weighted by Crippen LogP contribution is -2.11. The summed E-state index contributed by atoms with van der Waals surface area (Å²) in [6.07, 6.45) is 0.962. The smallest absolute Gasteiger partial charge is 0.150 e. The third-order valence-corrected chi connectivity index (χ3v) is 3.68. The van der Waals surface area contributed by atoms with Crippen LogP contribution in [0.15, 0.2) is 22.7 Å². The Kier molecular flexibility index (Phi) is 4.80. The molecule has 2 aromatic heterocycles. The minimum absolute atomic E-state index is 0.601.